The van der Waals surface area contributed by atoms with Gasteiger partial charge in [0.25, 0.3) is 0 Å². The van der Waals surface area contributed by atoms with E-state index in [4.69, 9.17) is 11.6 Å². The average Bonchev–Trinajstić information content (AvgIpc) is 2.78. The molecule has 1 fully saturated rings. The summed E-state index contributed by atoms with van der Waals surface area (Å²) >= 11 is 7.35. The first-order chi connectivity index (χ1) is 15.2. The van der Waals surface area contributed by atoms with E-state index >= 15 is 0 Å². The van der Waals surface area contributed by atoms with Crippen molar-refractivity contribution in [2.75, 3.05) is 54.8 Å². The van der Waals surface area contributed by atoms with E-state index < -0.39 is 11.7 Å². The van der Waals surface area contributed by atoms with E-state index in [0.29, 0.717) is 42.2 Å². The third-order valence-electron chi connectivity index (χ3n) is 5.24. The SMILES string of the molecule is CCN(CC)c1cc(Cl)nc(SCC(=O)N2CCN(c3cccc(C(F)(F)F)c3)CC2)n1. The molecular weight excluding hydrogens is 463 g/mol. The smallest absolute Gasteiger partial charge is 0.368 e. The average molecular weight is 488 g/mol. The molecular formula is C21H25ClF3N5OS. The molecule has 0 radical (unpaired) electrons. The molecule has 0 bridgehead atoms. The predicted octanol–water partition coefficient (Wildman–Crippen LogP) is 4.44. The lowest BCUT2D eigenvalue weighted by Gasteiger charge is -2.36. The monoisotopic (exact) mass is 487 g/mol. The fraction of sp³-hybridized carbons (Fsp3) is 0.476. The molecule has 0 spiro atoms. The van der Waals surface area contributed by atoms with Crippen molar-refractivity contribution < 1.29 is 18.0 Å². The van der Waals surface area contributed by atoms with Crippen LogP contribution in [0.2, 0.25) is 5.15 Å². The van der Waals surface area contributed by atoms with Gasteiger partial charge in [-0.1, -0.05) is 29.4 Å². The number of hydrogen-bond acceptors (Lipinski definition) is 6. The number of rotatable bonds is 7. The van der Waals surface area contributed by atoms with E-state index in [9.17, 15) is 18.0 Å². The van der Waals surface area contributed by atoms with Crippen molar-refractivity contribution in [3.63, 3.8) is 0 Å². The summed E-state index contributed by atoms with van der Waals surface area (Å²) in [7, 11) is 0. The van der Waals surface area contributed by atoms with Crippen LogP contribution in [0.15, 0.2) is 35.5 Å². The Labute approximate surface area is 194 Å². The van der Waals surface area contributed by atoms with Crippen LogP contribution in [0, 0.1) is 0 Å². The molecule has 1 aliphatic rings. The van der Waals surface area contributed by atoms with E-state index in [1.165, 1.54) is 17.8 Å². The Kier molecular flexibility index (Phi) is 8.10. The standard InChI is InChI=1S/C21H25ClF3N5OS/c1-3-28(4-2)18-13-17(22)26-20(27-18)32-14-19(31)30-10-8-29(9-11-30)16-7-5-6-15(12-16)21(23,24)25/h5-7,12-13H,3-4,8-11,14H2,1-2H3. The van der Waals surface area contributed by atoms with E-state index in [0.717, 1.165) is 31.0 Å². The fourth-order valence-corrected chi connectivity index (χ4v) is 4.45. The van der Waals surface area contributed by atoms with Crippen molar-refractivity contribution in [3.8, 4) is 0 Å². The van der Waals surface area contributed by atoms with Gasteiger partial charge in [-0.3, -0.25) is 4.79 Å². The van der Waals surface area contributed by atoms with E-state index in [1.54, 1.807) is 17.0 Å². The van der Waals surface area contributed by atoms with Gasteiger partial charge in [-0.15, -0.1) is 0 Å². The van der Waals surface area contributed by atoms with E-state index in [-0.39, 0.29) is 11.7 Å². The Morgan fingerprint density at radius 2 is 1.81 bits per heavy atom. The molecule has 0 aliphatic carbocycles. The number of benzene rings is 1. The minimum Gasteiger partial charge on any atom is -0.368 e. The number of aromatic nitrogens is 2. The topological polar surface area (TPSA) is 52.6 Å². The van der Waals surface area contributed by atoms with Gasteiger partial charge in [0.2, 0.25) is 5.91 Å². The molecule has 0 N–H and O–H groups in total. The van der Waals surface area contributed by atoms with Gasteiger partial charge in [0.15, 0.2) is 5.16 Å². The van der Waals surface area contributed by atoms with Crippen LogP contribution in [0.5, 0.6) is 0 Å². The molecule has 1 amide bonds. The maximum atomic E-state index is 13.0. The second-order valence-electron chi connectivity index (χ2n) is 7.21. The molecule has 2 aromatic rings. The number of alkyl halides is 3. The number of thioether (sulfide) groups is 1. The molecule has 3 rings (SSSR count). The number of amides is 1. The first kappa shape index (κ1) is 24.4. The Hall–Kier alpha value is -2.20. The van der Waals surface area contributed by atoms with Crippen LogP contribution in [0.4, 0.5) is 24.7 Å². The van der Waals surface area contributed by atoms with Crippen molar-refractivity contribution in [1.82, 2.24) is 14.9 Å². The van der Waals surface area contributed by atoms with Gasteiger partial charge in [0.05, 0.1) is 11.3 Å². The summed E-state index contributed by atoms with van der Waals surface area (Å²) < 4.78 is 38.9. The molecule has 2 heterocycles. The van der Waals surface area contributed by atoms with Crippen molar-refractivity contribution in [2.45, 2.75) is 25.2 Å². The number of piperazine rings is 1. The van der Waals surface area contributed by atoms with Crippen LogP contribution in [0.1, 0.15) is 19.4 Å². The molecule has 1 saturated heterocycles. The van der Waals surface area contributed by atoms with Gasteiger partial charge < -0.3 is 14.7 Å². The highest BCUT2D eigenvalue weighted by Crippen LogP contribution is 2.32. The normalized spacial score (nSPS) is 14.6. The van der Waals surface area contributed by atoms with Gasteiger partial charge in [0.1, 0.15) is 11.0 Å². The molecule has 1 aromatic carbocycles. The molecule has 0 atom stereocenters. The molecule has 11 heteroatoms. The fourth-order valence-electron chi connectivity index (χ4n) is 3.47. The first-order valence-electron chi connectivity index (χ1n) is 10.3. The third-order valence-corrected chi connectivity index (χ3v) is 6.27. The zero-order valence-corrected chi connectivity index (χ0v) is 19.5. The highest BCUT2D eigenvalue weighted by Gasteiger charge is 2.31. The lowest BCUT2D eigenvalue weighted by atomic mass is 10.1. The van der Waals surface area contributed by atoms with E-state index in [2.05, 4.69) is 9.97 Å². The highest BCUT2D eigenvalue weighted by molar-refractivity contribution is 7.99. The maximum Gasteiger partial charge on any atom is 0.416 e. The number of carbonyl (C=O) groups is 1. The summed E-state index contributed by atoms with van der Waals surface area (Å²) in [5.41, 5.74) is -0.159. The summed E-state index contributed by atoms with van der Waals surface area (Å²) in [4.78, 5) is 27.0. The summed E-state index contributed by atoms with van der Waals surface area (Å²) in [6.45, 7) is 7.43. The van der Waals surface area contributed by atoms with Crippen molar-refractivity contribution in [3.05, 3.63) is 41.0 Å². The molecule has 32 heavy (non-hydrogen) atoms. The van der Waals surface area contributed by atoms with Crippen molar-refractivity contribution in [2.24, 2.45) is 0 Å². The van der Waals surface area contributed by atoms with Crippen molar-refractivity contribution in [1.29, 1.82) is 0 Å². The van der Waals surface area contributed by atoms with Gasteiger partial charge in [0, 0.05) is 51.0 Å². The van der Waals surface area contributed by atoms with Crippen molar-refractivity contribution >= 4 is 40.8 Å². The zero-order valence-electron chi connectivity index (χ0n) is 17.9. The molecule has 0 unspecified atom stereocenters. The second-order valence-corrected chi connectivity index (χ2v) is 8.54. The number of nitrogens with zero attached hydrogens (tertiary/aromatic N) is 5. The Balaban J connectivity index is 1.55. The zero-order chi connectivity index (χ0) is 23.3. The summed E-state index contributed by atoms with van der Waals surface area (Å²) in [6, 6.07) is 6.98. The largest absolute Gasteiger partial charge is 0.416 e. The third kappa shape index (κ3) is 6.19. The highest BCUT2D eigenvalue weighted by atomic mass is 35.5. The molecule has 1 aliphatic heterocycles. The predicted molar refractivity (Wildman–Crippen MR) is 122 cm³/mol. The summed E-state index contributed by atoms with van der Waals surface area (Å²) in [5, 5.41) is 0.766. The quantitative estimate of drug-likeness (QED) is 0.327. The lowest BCUT2D eigenvalue weighted by molar-refractivity contribution is -0.137. The van der Waals surface area contributed by atoms with Gasteiger partial charge in [-0.05, 0) is 32.0 Å². The second kappa shape index (κ2) is 10.6. The van der Waals surface area contributed by atoms with Crippen LogP contribution in [0.25, 0.3) is 0 Å². The maximum absolute atomic E-state index is 13.0. The number of carbonyl (C=O) groups excluding carboxylic acids is 1. The Morgan fingerprint density at radius 3 is 2.44 bits per heavy atom. The molecule has 6 nitrogen and oxygen atoms in total. The van der Waals surface area contributed by atoms with Gasteiger partial charge >= 0.3 is 6.18 Å². The minimum atomic E-state index is -4.38. The first-order valence-corrected chi connectivity index (χ1v) is 11.7. The summed E-state index contributed by atoms with van der Waals surface area (Å²) in [5.74, 6) is 0.827. The van der Waals surface area contributed by atoms with Crippen LogP contribution in [-0.2, 0) is 11.0 Å². The minimum absolute atomic E-state index is 0.0633. The van der Waals surface area contributed by atoms with Crippen LogP contribution < -0.4 is 9.80 Å². The van der Waals surface area contributed by atoms with Crippen LogP contribution in [-0.4, -0.2) is 65.8 Å². The van der Waals surface area contributed by atoms with Gasteiger partial charge in [-0.25, -0.2) is 9.97 Å². The lowest BCUT2D eigenvalue weighted by Crippen LogP contribution is -2.49. The Bertz CT molecular complexity index is 934. The number of halogens is 4. The van der Waals surface area contributed by atoms with Crippen LogP contribution >= 0.6 is 23.4 Å². The van der Waals surface area contributed by atoms with Crippen LogP contribution in [0.3, 0.4) is 0 Å². The number of hydrogen-bond donors (Lipinski definition) is 0. The molecule has 1 aromatic heterocycles. The Morgan fingerprint density at radius 1 is 1.12 bits per heavy atom. The number of anilines is 2. The molecule has 0 saturated carbocycles. The van der Waals surface area contributed by atoms with E-state index in [1.807, 2.05) is 23.6 Å². The van der Waals surface area contributed by atoms with Gasteiger partial charge in [-0.2, -0.15) is 13.2 Å². The summed E-state index contributed by atoms with van der Waals surface area (Å²) in [6.07, 6.45) is -4.38. The molecule has 174 valence electrons.